The summed E-state index contributed by atoms with van der Waals surface area (Å²) in [4.78, 5) is 26.3. The zero-order chi connectivity index (χ0) is 24.7. The van der Waals surface area contributed by atoms with Crippen molar-refractivity contribution in [2.45, 2.75) is 37.5 Å². The summed E-state index contributed by atoms with van der Waals surface area (Å²) in [5, 5.41) is 29.6. The van der Waals surface area contributed by atoms with E-state index >= 15 is 0 Å². The second-order valence-corrected chi connectivity index (χ2v) is 8.94. The van der Waals surface area contributed by atoms with E-state index in [0.29, 0.717) is 29.8 Å². The molecule has 2 heterocycles. The van der Waals surface area contributed by atoms with Gasteiger partial charge in [0, 0.05) is 17.7 Å². The summed E-state index contributed by atoms with van der Waals surface area (Å²) in [7, 11) is 0. The first-order valence-electron chi connectivity index (χ1n) is 11.4. The van der Waals surface area contributed by atoms with E-state index in [1.807, 2.05) is 0 Å². The molecule has 1 fully saturated rings. The monoisotopic (exact) mass is 477 g/mol. The minimum Gasteiger partial charge on any atom is -0.508 e. The molecular weight excluding hydrogens is 453 g/mol. The van der Waals surface area contributed by atoms with Gasteiger partial charge in [0.15, 0.2) is 6.10 Å². The van der Waals surface area contributed by atoms with Crippen molar-refractivity contribution in [2.24, 2.45) is 5.92 Å². The highest BCUT2D eigenvalue weighted by Crippen LogP contribution is 2.47. The lowest BCUT2D eigenvalue weighted by molar-refractivity contribution is -0.144. The number of phenols is 1. The molecule has 0 aromatic heterocycles. The number of fused-ring (bicyclic) bond motifs is 1. The van der Waals surface area contributed by atoms with Gasteiger partial charge in [0.05, 0.1) is 18.1 Å². The maximum Gasteiger partial charge on any atom is 0.345 e. The number of phenolic OH excluding ortho intramolecular Hbond substituents is 1. The number of ether oxygens (including phenoxy) is 1. The molecule has 3 aromatic rings. The number of aliphatic carboxylic acids is 1. The van der Waals surface area contributed by atoms with Crippen LogP contribution in [-0.4, -0.2) is 33.3 Å². The van der Waals surface area contributed by atoms with Gasteiger partial charge in [-0.25, -0.2) is 9.18 Å². The SMILES string of the molecule is O=C(O)C1Cc2cc(N3C(=O)[C@H](CC[C@H](O)c4ccc(F)cc4)[C@H]3c3ccc(O)cc3)ccc2O1. The van der Waals surface area contributed by atoms with Gasteiger partial charge in [0.1, 0.15) is 17.3 Å². The van der Waals surface area contributed by atoms with E-state index in [4.69, 9.17) is 4.74 Å². The number of rotatable bonds is 7. The van der Waals surface area contributed by atoms with Crippen LogP contribution in [0, 0.1) is 11.7 Å². The van der Waals surface area contributed by atoms with Crippen molar-refractivity contribution in [1.82, 2.24) is 0 Å². The molecule has 35 heavy (non-hydrogen) atoms. The van der Waals surface area contributed by atoms with Crippen LogP contribution in [0.4, 0.5) is 10.1 Å². The summed E-state index contributed by atoms with van der Waals surface area (Å²) in [5.74, 6) is -1.32. The van der Waals surface area contributed by atoms with Crippen LogP contribution in [0.25, 0.3) is 0 Å². The summed E-state index contributed by atoms with van der Waals surface area (Å²) in [6.45, 7) is 0. The fourth-order valence-electron chi connectivity index (χ4n) is 4.88. The number of halogens is 1. The number of amides is 1. The number of nitrogens with zero attached hydrogens (tertiary/aromatic N) is 1. The molecule has 7 nitrogen and oxygen atoms in total. The first-order chi connectivity index (χ1) is 16.8. The Kier molecular flexibility index (Phi) is 5.90. The fourth-order valence-corrected chi connectivity index (χ4v) is 4.88. The number of carbonyl (C=O) groups is 2. The number of aliphatic hydroxyl groups excluding tert-OH is 1. The number of carboxylic acids is 1. The first-order valence-corrected chi connectivity index (χ1v) is 11.4. The van der Waals surface area contributed by atoms with Crippen LogP contribution >= 0.6 is 0 Å². The number of carbonyl (C=O) groups excluding carboxylic acids is 1. The van der Waals surface area contributed by atoms with Gasteiger partial charge in [0.2, 0.25) is 5.91 Å². The average Bonchev–Trinajstić information content (AvgIpc) is 3.27. The lowest BCUT2D eigenvalue weighted by atomic mass is 9.78. The van der Waals surface area contributed by atoms with Gasteiger partial charge in [-0.2, -0.15) is 0 Å². The highest BCUT2D eigenvalue weighted by atomic mass is 19.1. The fraction of sp³-hybridized carbons (Fsp3) is 0.259. The average molecular weight is 477 g/mol. The first kappa shape index (κ1) is 22.9. The number of carboxylic acid groups (broad SMARTS) is 1. The highest BCUT2D eigenvalue weighted by Gasteiger charge is 2.48. The quantitative estimate of drug-likeness (QED) is 0.442. The lowest BCUT2D eigenvalue weighted by Crippen LogP contribution is -2.55. The van der Waals surface area contributed by atoms with Crippen LogP contribution in [0.15, 0.2) is 66.7 Å². The van der Waals surface area contributed by atoms with Gasteiger partial charge in [-0.3, -0.25) is 4.79 Å². The van der Waals surface area contributed by atoms with Crippen LogP contribution in [-0.2, 0) is 16.0 Å². The van der Waals surface area contributed by atoms with Crippen molar-refractivity contribution in [3.05, 3.63) is 89.2 Å². The summed E-state index contributed by atoms with van der Waals surface area (Å²) >= 11 is 0. The van der Waals surface area contributed by atoms with Crippen molar-refractivity contribution in [3.8, 4) is 11.5 Å². The van der Waals surface area contributed by atoms with E-state index < -0.39 is 24.1 Å². The second-order valence-electron chi connectivity index (χ2n) is 8.94. The molecule has 0 bridgehead atoms. The summed E-state index contributed by atoms with van der Waals surface area (Å²) < 4.78 is 18.7. The number of aromatic hydroxyl groups is 1. The predicted molar refractivity (Wildman–Crippen MR) is 125 cm³/mol. The zero-order valence-electron chi connectivity index (χ0n) is 18.7. The molecule has 5 rings (SSSR count). The normalized spacial score (nSPS) is 21.7. The molecule has 0 saturated carbocycles. The van der Waals surface area contributed by atoms with E-state index in [1.165, 1.54) is 24.3 Å². The van der Waals surface area contributed by atoms with Crippen molar-refractivity contribution in [1.29, 1.82) is 0 Å². The molecule has 1 amide bonds. The smallest absolute Gasteiger partial charge is 0.345 e. The van der Waals surface area contributed by atoms with E-state index in [9.17, 15) is 29.3 Å². The number of aliphatic hydroxyl groups is 1. The Morgan fingerprint density at radius 1 is 1.09 bits per heavy atom. The van der Waals surface area contributed by atoms with Crippen molar-refractivity contribution in [3.63, 3.8) is 0 Å². The molecule has 1 unspecified atom stereocenters. The molecule has 0 radical (unpaired) electrons. The zero-order valence-corrected chi connectivity index (χ0v) is 18.7. The standard InChI is InChI=1S/C27H24FNO6/c28-18-5-1-15(2-6-18)22(31)11-10-21-25(16-3-8-20(30)9-4-16)29(26(21)32)19-7-12-23-17(13-19)14-24(35-23)27(33)34/h1-9,12-13,21-22,24-25,30-31H,10-11,14H2,(H,33,34)/t21-,22+,24?,25-/m1/s1. The third-order valence-electron chi connectivity index (χ3n) is 6.73. The Labute approximate surface area is 201 Å². The van der Waals surface area contributed by atoms with Crippen LogP contribution in [0.3, 0.4) is 0 Å². The van der Waals surface area contributed by atoms with Crippen LogP contribution in [0.2, 0.25) is 0 Å². The minimum atomic E-state index is -1.04. The van der Waals surface area contributed by atoms with Gasteiger partial charge in [-0.15, -0.1) is 0 Å². The van der Waals surface area contributed by atoms with Gasteiger partial charge in [-0.1, -0.05) is 24.3 Å². The minimum absolute atomic E-state index is 0.108. The molecule has 180 valence electrons. The topological polar surface area (TPSA) is 107 Å². The Balaban J connectivity index is 1.38. The van der Waals surface area contributed by atoms with Gasteiger partial charge < -0.3 is 25.0 Å². The van der Waals surface area contributed by atoms with E-state index in [1.54, 1.807) is 47.4 Å². The van der Waals surface area contributed by atoms with Crippen molar-refractivity contribution in [2.75, 3.05) is 4.90 Å². The Hall–Kier alpha value is -3.91. The van der Waals surface area contributed by atoms with E-state index in [-0.39, 0.29) is 29.9 Å². The van der Waals surface area contributed by atoms with Crippen molar-refractivity contribution < 1.29 is 34.0 Å². The Morgan fingerprint density at radius 2 is 1.80 bits per heavy atom. The molecule has 2 aliphatic heterocycles. The lowest BCUT2D eigenvalue weighted by Gasteiger charge is -2.48. The molecule has 3 N–H and O–H groups in total. The predicted octanol–water partition coefficient (Wildman–Crippen LogP) is 4.14. The third kappa shape index (κ3) is 4.33. The second kappa shape index (κ2) is 9.03. The molecule has 3 aromatic carbocycles. The molecule has 4 atom stereocenters. The number of hydrogen-bond acceptors (Lipinski definition) is 5. The van der Waals surface area contributed by atoms with E-state index in [0.717, 1.165) is 11.1 Å². The van der Waals surface area contributed by atoms with Crippen LogP contribution < -0.4 is 9.64 Å². The number of benzene rings is 3. The van der Waals surface area contributed by atoms with E-state index in [2.05, 4.69) is 0 Å². The van der Waals surface area contributed by atoms with Crippen LogP contribution in [0.5, 0.6) is 11.5 Å². The number of β-lactam (4-membered cyclic amide) rings is 1. The largest absolute Gasteiger partial charge is 0.508 e. The maximum absolute atomic E-state index is 13.3. The molecular formula is C27H24FNO6. The number of hydrogen-bond donors (Lipinski definition) is 3. The molecule has 0 aliphatic carbocycles. The molecule has 0 spiro atoms. The van der Waals surface area contributed by atoms with Gasteiger partial charge in [-0.05, 0) is 66.4 Å². The third-order valence-corrected chi connectivity index (χ3v) is 6.73. The van der Waals surface area contributed by atoms with Crippen LogP contribution in [0.1, 0.15) is 41.7 Å². The van der Waals surface area contributed by atoms with Gasteiger partial charge in [0.25, 0.3) is 0 Å². The summed E-state index contributed by atoms with van der Waals surface area (Å²) in [6.07, 6.45) is -0.821. The van der Waals surface area contributed by atoms with Gasteiger partial charge >= 0.3 is 5.97 Å². The molecule has 8 heteroatoms. The number of anilines is 1. The summed E-state index contributed by atoms with van der Waals surface area (Å²) in [6, 6.07) is 17.2. The Morgan fingerprint density at radius 3 is 2.49 bits per heavy atom. The van der Waals surface area contributed by atoms with Crippen molar-refractivity contribution >= 4 is 17.6 Å². The Bertz CT molecular complexity index is 1260. The maximum atomic E-state index is 13.3. The molecule has 1 saturated heterocycles. The molecule has 2 aliphatic rings. The highest BCUT2D eigenvalue weighted by molar-refractivity contribution is 6.03. The summed E-state index contributed by atoms with van der Waals surface area (Å²) in [5.41, 5.74) is 2.78.